The summed E-state index contributed by atoms with van der Waals surface area (Å²) in [5, 5.41) is 0. The van der Waals surface area contributed by atoms with Crippen molar-refractivity contribution in [1.82, 2.24) is 0 Å². The molecular formula is C13H11FN2O2S. The summed E-state index contributed by atoms with van der Waals surface area (Å²) in [6.45, 7) is 0.117. The van der Waals surface area contributed by atoms with Crippen LogP contribution in [-0.2, 0) is 16.8 Å². The Labute approximate surface area is 110 Å². The molecule has 6 heteroatoms. The Morgan fingerprint density at radius 3 is 2.53 bits per heavy atom. The van der Waals surface area contributed by atoms with Gasteiger partial charge in [-0.1, -0.05) is 30.3 Å². The van der Waals surface area contributed by atoms with Crippen LogP contribution in [0.1, 0.15) is 5.56 Å². The Morgan fingerprint density at radius 1 is 1.05 bits per heavy atom. The Bertz CT molecular complexity index is 731. The highest BCUT2D eigenvalue weighted by molar-refractivity contribution is 7.94. The highest BCUT2D eigenvalue weighted by atomic mass is 32.2. The van der Waals surface area contributed by atoms with E-state index in [0.29, 0.717) is 5.69 Å². The van der Waals surface area contributed by atoms with E-state index in [1.165, 1.54) is 18.2 Å². The van der Waals surface area contributed by atoms with E-state index in [2.05, 4.69) is 4.72 Å². The fourth-order valence-corrected chi connectivity index (χ4v) is 3.36. The molecule has 0 saturated carbocycles. The number of anilines is 2. The van der Waals surface area contributed by atoms with Crippen LogP contribution < -0.4 is 9.03 Å². The second-order valence-corrected chi connectivity index (χ2v) is 5.82. The highest BCUT2D eigenvalue weighted by Crippen LogP contribution is 2.31. The van der Waals surface area contributed by atoms with Gasteiger partial charge in [-0.25, -0.2) is 8.70 Å². The second-order valence-electron chi connectivity index (χ2n) is 4.22. The van der Waals surface area contributed by atoms with Gasteiger partial charge in [0.1, 0.15) is 5.82 Å². The zero-order valence-corrected chi connectivity index (χ0v) is 10.7. The molecule has 0 aliphatic carbocycles. The SMILES string of the molecule is O=S1(=O)Nc2ccccc2CN1c1ccccc1F. The minimum atomic E-state index is -3.77. The fraction of sp³-hybridized carbons (Fsp3) is 0.0769. The molecule has 0 radical (unpaired) electrons. The summed E-state index contributed by atoms with van der Waals surface area (Å²) >= 11 is 0. The third-order valence-corrected chi connectivity index (χ3v) is 4.37. The van der Waals surface area contributed by atoms with Gasteiger partial charge in [-0.05, 0) is 23.8 Å². The summed E-state index contributed by atoms with van der Waals surface area (Å²) < 4.78 is 41.5. The molecular weight excluding hydrogens is 267 g/mol. The molecule has 0 atom stereocenters. The van der Waals surface area contributed by atoms with Crippen LogP contribution in [-0.4, -0.2) is 8.42 Å². The third kappa shape index (κ3) is 2.04. The molecule has 98 valence electrons. The van der Waals surface area contributed by atoms with Gasteiger partial charge >= 0.3 is 10.2 Å². The summed E-state index contributed by atoms with van der Waals surface area (Å²) in [5.74, 6) is -0.563. The van der Waals surface area contributed by atoms with Crippen LogP contribution in [0.2, 0.25) is 0 Å². The Hall–Kier alpha value is -2.08. The Kier molecular flexibility index (Phi) is 2.67. The molecule has 0 bridgehead atoms. The van der Waals surface area contributed by atoms with Crippen LogP contribution in [0.15, 0.2) is 48.5 Å². The van der Waals surface area contributed by atoms with Crippen molar-refractivity contribution in [3.63, 3.8) is 0 Å². The highest BCUT2D eigenvalue weighted by Gasteiger charge is 2.30. The molecule has 19 heavy (non-hydrogen) atoms. The molecule has 0 amide bonds. The van der Waals surface area contributed by atoms with E-state index in [1.54, 1.807) is 18.2 Å². The molecule has 0 unspecified atom stereocenters. The summed E-state index contributed by atoms with van der Waals surface area (Å²) in [6.07, 6.45) is 0. The summed E-state index contributed by atoms with van der Waals surface area (Å²) in [5.41, 5.74) is 1.39. The van der Waals surface area contributed by atoms with Crippen LogP contribution in [0.25, 0.3) is 0 Å². The normalized spacial score (nSPS) is 16.6. The van der Waals surface area contributed by atoms with Crippen molar-refractivity contribution in [1.29, 1.82) is 0 Å². The minimum Gasteiger partial charge on any atom is -0.266 e. The zero-order chi connectivity index (χ0) is 13.5. The van der Waals surface area contributed by atoms with Crippen molar-refractivity contribution in [3.8, 4) is 0 Å². The van der Waals surface area contributed by atoms with E-state index >= 15 is 0 Å². The molecule has 1 aliphatic rings. The van der Waals surface area contributed by atoms with Gasteiger partial charge in [0, 0.05) is 0 Å². The maximum Gasteiger partial charge on any atom is 0.324 e. The lowest BCUT2D eigenvalue weighted by molar-refractivity contribution is 0.587. The van der Waals surface area contributed by atoms with Crippen LogP contribution >= 0.6 is 0 Å². The first-order valence-corrected chi connectivity index (χ1v) is 7.15. The molecule has 1 heterocycles. The monoisotopic (exact) mass is 278 g/mol. The number of halogens is 1. The predicted molar refractivity (Wildman–Crippen MR) is 71.6 cm³/mol. The van der Waals surface area contributed by atoms with Gasteiger partial charge in [0.25, 0.3) is 0 Å². The van der Waals surface area contributed by atoms with E-state index < -0.39 is 16.0 Å². The average molecular weight is 278 g/mol. The van der Waals surface area contributed by atoms with Crippen LogP contribution in [0.4, 0.5) is 15.8 Å². The van der Waals surface area contributed by atoms with Gasteiger partial charge in [0.05, 0.1) is 17.9 Å². The Balaban J connectivity index is 2.11. The smallest absolute Gasteiger partial charge is 0.266 e. The number of nitrogens with one attached hydrogen (secondary N) is 1. The summed E-state index contributed by atoms with van der Waals surface area (Å²) in [4.78, 5) is 0. The molecule has 3 rings (SSSR count). The van der Waals surface area contributed by atoms with Gasteiger partial charge < -0.3 is 0 Å². The van der Waals surface area contributed by atoms with Crippen molar-refractivity contribution < 1.29 is 12.8 Å². The van der Waals surface area contributed by atoms with Crippen molar-refractivity contribution >= 4 is 21.6 Å². The van der Waals surface area contributed by atoms with E-state index in [4.69, 9.17) is 0 Å². The molecule has 0 fully saturated rings. The Morgan fingerprint density at radius 2 is 1.74 bits per heavy atom. The van der Waals surface area contributed by atoms with E-state index in [0.717, 1.165) is 9.87 Å². The lowest BCUT2D eigenvalue weighted by Crippen LogP contribution is -2.39. The van der Waals surface area contributed by atoms with E-state index in [1.807, 2.05) is 12.1 Å². The number of rotatable bonds is 1. The van der Waals surface area contributed by atoms with E-state index in [-0.39, 0.29) is 12.2 Å². The van der Waals surface area contributed by atoms with Gasteiger partial charge in [0.15, 0.2) is 0 Å². The molecule has 1 N–H and O–H groups in total. The predicted octanol–water partition coefficient (Wildman–Crippen LogP) is 2.50. The number of fused-ring (bicyclic) bond motifs is 1. The first kappa shape index (κ1) is 12.0. The number of para-hydroxylation sites is 2. The third-order valence-electron chi connectivity index (χ3n) is 2.98. The second kappa shape index (κ2) is 4.24. The molecule has 0 aromatic heterocycles. The molecule has 0 spiro atoms. The molecule has 0 saturated heterocycles. The maximum atomic E-state index is 13.8. The largest absolute Gasteiger partial charge is 0.324 e. The average Bonchev–Trinajstić information content (AvgIpc) is 2.38. The van der Waals surface area contributed by atoms with Crippen LogP contribution in [0.5, 0.6) is 0 Å². The van der Waals surface area contributed by atoms with Crippen LogP contribution in [0.3, 0.4) is 0 Å². The lowest BCUT2D eigenvalue weighted by atomic mass is 10.2. The summed E-state index contributed by atoms with van der Waals surface area (Å²) in [7, 11) is -3.77. The number of benzene rings is 2. The number of hydrogen-bond donors (Lipinski definition) is 1. The molecule has 2 aromatic carbocycles. The van der Waals surface area contributed by atoms with Crippen molar-refractivity contribution in [2.45, 2.75) is 6.54 Å². The van der Waals surface area contributed by atoms with Crippen molar-refractivity contribution in [2.75, 3.05) is 9.03 Å². The fourth-order valence-electron chi connectivity index (χ4n) is 2.06. The lowest BCUT2D eigenvalue weighted by Gasteiger charge is -2.30. The van der Waals surface area contributed by atoms with Gasteiger partial charge in [-0.3, -0.25) is 4.72 Å². The van der Waals surface area contributed by atoms with Crippen LogP contribution in [0, 0.1) is 5.82 Å². The van der Waals surface area contributed by atoms with E-state index in [9.17, 15) is 12.8 Å². The van der Waals surface area contributed by atoms with Crippen molar-refractivity contribution in [3.05, 3.63) is 59.9 Å². The molecule has 2 aromatic rings. The minimum absolute atomic E-state index is 0.0458. The molecule has 4 nitrogen and oxygen atoms in total. The van der Waals surface area contributed by atoms with Gasteiger partial charge in [-0.2, -0.15) is 8.42 Å². The quantitative estimate of drug-likeness (QED) is 0.871. The van der Waals surface area contributed by atoms with Crippen molar-refractivity contribution in [2.24, 2.45) is 0 Å². The van der Waals surface area contributed by atoms with Gasteiger partial charge in [-0.15, -0.1) is 0 Å². The topological polar surface area (TPSA) is 49.4 Å². The first-order valence-electron chi connectivity index (χ1n) is 5.71. The van der Waals surface area contributed by atoms with Gasteiger partial charge in [0.2, 0.25) is 0 Å². The number of hydrogen-bond acceptors (Lipinski definition) is 2. The first-order chi connectivity index (χ1) is 9.08. The molecule has 1 aliphatic heterocycles. The standard InChI is InChI=1S/C13H11FN2O2S/c14-11-6-2-4-8-13(11)16-9-10-5-1-3-7-12(10)15-19(16,17)18/h1-8,15H,9H2. The maximum absolute atomic E-state index is 13.8. The zero-order valence-electron chi connectivity index (χ0n) is 9.88. The number of nitrogens with zero attached hydrogens (tertiary/aromatic N) is 1. The summed E-state index contributed by atoms with van der Waals surface area (Å²) in [6, 6.07) is 12.9.